The number of amides is 3. The number of carbonyl (C=O) groups is 3. The number of hydrogen-bond acceptors (Lipinski definition) is 7. The first-order valence-electron chi connectivity index (χ1n) is 8.87. The molecule has 28 heavy (non-hydrogen) atoms. The van der Waals surface area contributed by atoms with Crippen molar-refractivity contribution in [2.75, 3.05) is 13.2 Å². The van der Waals surface area contributed by atoms with Crippen LogP contribution in [0.1, 0.15) is 30.7 Å². The molecule has 0 fully saturated rings. The highest BCUT2D eigenvalue weighted by molar-refractivity contribution is 7.18. The lowest BCUT2D eigenvalue weighted by molar-refractivity contribution is -0.148. The average Bonchev–Trinajstić information content (AvgIpc) is 2.90. The van der Waals surface area contributed by atoms with Crippen LogP contribution >= 0.6 is 11.3 Å². The minimum absolute atomic E-state index is 0.335. The molecule has 0 saturated carbocycles. The Morgan fingerprint density at radius 3 is 2.68 bits per heavy atom. The van der Waals surface area contributed by atoms with Crippen LogP contribution in [-0.4, -0.2) is 40.6 Å². The molecule has 2 rings (SSSR count). The lowest BCUT2D eigenvalue weighted by atomic mass is 10.1. The fourth-order valence-electron chi connectivity index (χ4n) is 2.39. The standard InChI is InChI=1S/C18H24N4O5S/c1-10(2)5-6-19-18(26)21-13(23)8-27-14(24)7-22-9-20-16-15(17(22)25)11(3)12(4)28-16/h9-10H,5-8H2,1-4H3,(H2,19,21,23,26). The van der Waals surface area contributed by atoms with Gasteiger partial charge in [0.15, 0.2) is 6.61 Å². The zero-order chi connectivity index (χ0) is 20.8. The number of urea groups is 1. The molecule has 0 spiro atoms. The average molecular weight is 408 g/mol. The summed E-state index contributed by atoms with van der Waals surface area (Å²) in [6, 6.07) is -0.643. The minimum atomic E-state index is -0.775. The van der Waals surface area contributed by atoms with Gasteiger partial charge in [-0.2, -0.15) is 0 Å². The molecule has 2 aromatic rings. The highest BCUT2D eigenvalue weighted by Gasteiger charge is 2.15. The first-order valence-corrected chi connectivity index (χ1v) is 9.69. The van der Waals surface area contributed by atoms with Gasteiger partial charge in [0.25, 0.3) is 11.5 Å². The summed E-state index contributed by atoms with van der Waals surface area (Å²) >= 11 is 1.42. The lowest BCUT2D eigenvalue weighted by Gasteiger charge is -2.09. The summed E-state index contributed by atoms with van der Waals surface area (Å²) in [7, 11) is 0. The quantitative estimate of drug-likeness (QED) is 0.670. The lowest BCUT2D eigenvalue weighted by Crippen LogP contribution is -2.42. The summed E-state index contributed by atoms with van der Waals surface area (Å²) in [4.78, 5) is 53.5. The van der Waals surface area contributed by atoms with E-state index >= 15 is 0 Å². The van der Waals surface area contributed by atoms with Crippen molar-refractivity contribution in [3.63, 3.8) is 0 Å². The number of ether oxygens (including phenoxy) is 1. The number of esters is 1. The molecule has 2 heterocycles. The zero-order valence-electron chi connectivity index (χ0n) is 16.3. The Bertz CT molecular complexity index is 947. The third-order valence-corrected chi connectivity index (χ3v) is 5.19. The Morgan fingerprint density at radius 1 is 1.29 bits per heavy atom. The van der Waals surface area contributed by atoms with Crippen LogP contribution in [0.5, 0.6) is 0 Å². The highest BCUT2D eigenvalue weighted by Crippen LogP contribution is 2.25. The van der Waals surface area contributed by atoms with Crippen LogP contribution < -0.4 is 16.2 Å². The van der Waals surface area contributed by atoms with E-state index in [0.717, 1.165) is 21.4 Å². The van der Waals surface area contributed by atoms with Crippen molar-refractivity contribution in [2.24, 2.45) is 5.92 Å². The molecule has 10 heteroatoms. The van der Waals surface area contributed by atoms with E-state index in [0.29, 0.717) is 22.7 Å². The topological polar surface area (TPSA) is 119 Å². The summed E-state index contributed by atoms with van der Waals surface area (Å²) in [5.74, 6) is -1.10. The summed E-state index contributed by atoms with van der Waals surface area (Å²) in [6.07, 6.45) is 2.07. The molecule has 0 radical (unpaired) electrons. The maximum absolute atomic E-state index is 12.5. The Hall–Kier alpha value is -2.75. The Balaban J connectivity index is 1.86. The van der Waals surface area contributed by atoms with Crippen LogP contribution in [0.4, 0.5) is 4.79 Å². The number of nitrogens with zero attached hydrogens (tertiary/aromatic N) is 2. The maximum Gasteiger partial charge on any atom is 0.326 e. The van der Waals surface area contributed by atoms with Gasteiger partial charge in [-0.25, -0.2) is 9.78 Å². The zero-order valence-corrected chi connectivity index (χ0v) is 17.1. The molecule has 0 saturated heterocycles. The summed E-state index contributed by atoms with van der Waals surface area (Å²) in [5, 5.41) is 5.09. The number of fused-ring (bicyclic) bond motifs is 1. The Kier molecular flexibility index (Phi) is 7.27. The fraction of sp³-hybridized carbons (Fsp3) is 0.500. The van der Waals surface area contributed by atoms with Crippen molar-refractivity contribution >= 4 is 39.5 Å². The van der Waals surface area contributed by atoms with Gasteiger partial charge in [-0.15, -0.1) is 11.3 Å². The van der Waals surface area contributed by atoms with Crippen molar-refractivity contribution in [1.29, 1.82) is 0 Å². The molecule has 0 aliphatic rings. The van der Waals surface area contributed by atoms with E-state index in [9.17, 15) is 19.2 Å². The Labute approximate surface area is 166 Å². The molecule has 0 unspecified atom stereocenters. The molecule has 2 N–H and O–H groups in total. The third-order valence-electron chi connectivity index (χ3n) is 4.08. The van der Waals surface area contributed by atoms with Gasteiger partial charge in [-0.05, 0) is 31.7 Å². The van der Waals surface area contributed by atoms with E-state index in [1.54, 1.807) is 0 Å². The summed E-state index contributed by atoms with van der Waals surface area (Å²) in [5.41, 5.74) is 0.501. The van der Waals surface area contributed by atoms with Gasteiger partial charge in [0.1, 0.15) is 11.4 Å². The molecular formula is C18H24N4O5S. The molecule has 0 aliphatic carbocycles. The van der Waals surface area contributed by atoms with E-state index in [-0.39, 0.29) is 12.1 Å². The normalized spacial score (nSPS) is 10.9. The number of thiophene rings is 1. The van der Waals surface area contributed by atoms with Gasteiger partial charge >= 0.3 is 12.0 Å². The number of hydrogen-bond donors (Lipinski definition) is 2. The number of aryl methyl sites for hydroxylation is 2. The predicted molar refractivity (Wildman–Crippen MR) is 105 cm³/mol. The van der Waals surface area contributed by atoms with Crippen LogP contribution in [-0.2, 0) is 20.9 Å². The smallest absolute Gasteiger partial charge is 0.326 e. The minimum Gasteiger partial charge on any atom is -0.454 e. The molecule has 2 aromatic heterocycles. The first-order chi connectivity index (χ1) is 13.2. The van der Waals surface area contributed by atoms with Crippen molar-refractivity contribution in [2.45, 2.75) is 40.7 Å². The molecule has 0 atom stereocenters. The monoisotopic (exact) mass is 408 g/mol. The van der Waals surface area contributed by atoms with E-state index in [4.69, 9.17) is 4.74 Å². The highest BCUT2D eigenvalue weighted by atomic mass is 32.1. The van der Waals surface area contributed by atoms with Crippen LogP contribution in [0.3, 0.4) is 0 Å². The molecule has 9 nitrogen and oxygen atoms in total. The number of nitrogens with one attached hydrogen (secondary N) is 2. The SMILES string of the molecule is Cc1sc2ncn(CC(=O)OCC(=O)NC(=O)NCCC(C)C)c(=O)c2c1C. The molecule has 0 aromatic carbocycles. The van der Waals surface area contributed by atoms with Crippen molar-refractivity contribution in [3.8, 4) is 0 Å². The second-order valence-electron chi connectivity index (χ2n) is 6.79. The van der Waals surface area contributed by atoms with Crippen LogP contribution in [0.25, 0.3) is 10.2 Å². The van der Waals surface area contributed by atoms with Gasteiger partial charge < -0.3 is 10.1 Å². The van der Waals surface area contributed by atoms with Gasteiger partial charge in [-0.3, -0.25) is 24.3 Å². The van der Waals surface area contributed by atoms with Gasteiger partial charge in [0.2, 0.25) is 0 Å². The van der Waals surface area contributed by atoms with E-state index in [1.807, 2.05) is 27.7 Å². The second-order valence-corrected chi connectivity index (χ2v) is 7.99. The first kappa shape index (κ1) is 21.5. The van der Waals surface area contributed by atoms with E-state index in [2.05, 4.69) is 15.6 Å². The van der Waals surface area contributed by atoms with Crippen LogP contribution in [0, 0.1) is 19.8 Å². The van der Waals surface area contributed by atoms with Crippen molar-refractivity contribution in [3.05, 3.63) is 27.1 Å². The Morgan fingerprint density at radius 2 is 2.00 bits per heavy atom. The van der Waals surface area contributed by atoms with Crippen molar-refractivity contribution in [1.82, 2.24) is 20.2 Å². The summed E-state index contributed by atoms with van der Waals surface area (Å²) in [6.45, 7) is 7.22. The number of carbonyl (C=O) groups excluding carboxylic acids is 3. The van der Waals surface area contributed by atoms with Gasteiger partial charge in [-0.1, -0.05) is 13.8 Å². The summed E-state index contributed by atoms with van der Waals surface area (Å²) < 4.78 is 5.98. The largest absolute Gasteiger partial charge is 0.454 e. The second kappa shape index (κ2) is 9.45. The van der Waals surface area contributed by atoms with E-state index in [1.165, 1.54) is 17.7 Å². The molecular weight excluding hydrogens is 384 g/mol. The molecule has 0 aliphatic heterocycles. The fourth-order valence-corrected chi connectivity index (χ4v) is 3.38. The molecule has 152 valence electrons. The van der Waals surface area contributed by atoms with Crippen molar-refractivity contribution < 1.29 is 19.1 Å². The van der Waals surface area contributed by atoms with Gasteiger partial charge in [0, 0.05) is 11.4 Å². The third kappa shape index (κ3) is 5.62. The predicted octanol–water partition coefficient (Wildman–Crippen LogP) is 1.49. The van der Waals surface area contributed by atoms with E-state index < -0.39 is 24.5 Å². The van der Waals surface area contributed by atoms with Crippen LogP contribution in [0.2, 0.25) is 0 Å². The van der Waals surface area contributed by atoms with Gasteiger partial charge in [0.05, 0.1) is 11.7 Å². The number of rotatable bonds is 7. The maximum atomic E-state index is 12.5. The molecule has 0 bridgehead atoms. The number of imide groups is 1. The molecule has 3 amide bonds. The number of aromatic nitrogens is 2. The van der Waals surface area contributed by atoms with Crippen LogP contribution in [0.15, 0.2) is 11.1 Å².